The summed E-state index contributed by atoms with van der Waals surface area (Å²) in [5.41, 5.74) is 4.71. The predicted molar refractivity (Wildman–Crippen MR) is 142 cm³/mol. The Balaban J connectivity index is 1.41. The summed E-state index contributed by atoms with van der Waals surface area (Å²) in [4.78, 5) is 17.8. The zero-order chi connectivity index (χ0) is 25.2. The number of allylic oxidation sites excluding steroid dienone is 1. The molecule has 36 heavy (non-hydrogen) atoms. The van der Waals surface area contributed by atoms with E-state index in [-0.39, 0.29) is 5.91 Å². The monoisotopic (exact) mass is 519 g/mol. The van der Waals surface area contributed by atoms with Gasteiger partial charge in [0.05, 0.1) is 5.57 Å². The van der Waals surface area contributed by atoms with Gasteiger partial charge in [-0.3, -0.25) is 4.79 Å². The first-order valence-electron chi connectivity index (χ1n) is 11.3. The third-order valence-corrected chi connectivity index (χ3v) is 6.62. The van der Waals surface area contributed by atoms with Crippen molar-refractivity contribution in [3.8, 4) is 5.75 Å². The van der Waals surface area contributed by atoms with Crippen molar-refractivity contribution >= 4 is 40.7 Å². The van der Waals surface area contributed by atoms with Crippen LogP contribution >= 0.6 is 23.2 Å². The van der Waals surface area contributed by atoms with E-state index in [4.69, 9.17) is 27.9 Å². The lowest BCUT2D eigenvalue weighted by Crippen LogP contribution is -2.31. The van der Waals surface area contributed by atoms with Gasteiger partial charge in [-0.25, -0.2) is 4.68 Å². The number of ether oxygens (including phenoxy) is 1. The van der Waals surface area contributed by atoms with Gasteiger partial charge in [-0.05, 0) is 55.3 Å². The van der Waals surface area contributed by atoms with Crippen LogP contribution in [0.2, 0.25) is 10.0 Å². The SMILES string of the molecule is CC1=C(C(=O)Nc2ccccc2C)C(c2ccc(OCc3ccc(Cl)cc3Cl)cc2)n2ncnc2N1. The molecule has 1 aliphatic heterocycles. The molecule has 9 heteroatoms. The molecule has 2 N–H and O–H groups in total. The quantitative estimate of drug-likeness (QED) is 0.308. The lowest BCUT2D eigenvalue weighted by atomic mass is 9.95. The van der Waals surface area contributed by atoms with Crippen molar-refractivity contribution in [2.24, 2.45) is 0 Å². The third kappa shape index (κ3) is 4.80. The number of fused-ring (bicyclic) bond motifs is 1. The third-order valence-electron chi connectivity index (χ3n) is 6.04. The number of nitrogens with one attached hydrogen (secondary N) is 2. The molecule has 0 radical (unpaired) electrons. The van der Waals surface area contributed by atoms with E-state index in [2.05, 4.69) is 20.7 Å². The topological polar surface area (TPSA) is 81.1 Å². The van der Waals surface area contributed by atoms with E-state index in [1.54, 1.807) is 16.8 Å². The highest BCUT2D eigenvalue weighted by atomic mass is 35.5. The number of amides is 1. The number of rotatable bonds is 6. The summed E-state index contributed by atoms with van der Waals surface area (Å²) in [6.07, 6.45) is 1.47. The number of aromatic nitrogens is 3. The van der Waals surface area contributed by atoms with E-state index < -0.39 is 6.04 Å². The lowest BCUT2D eigenvalue weighted by molar-refractivity contribution is -0.113. The smallest absolute Gasteiger partial charge is 0.255 e. The van der Waals surface area contributed by atoms with Gasteiger partial charge < -0.3 is 15.4 Å². The molecule has 1 atom stereocenters. The molecule has 2 heterocycles. The molecule has 5 rings (SSSR count). The fraction of sp³-hybridized carbons (Fsp3) is 0.148. The molecule has 0 spiro atoms. The number of para-hydroxylation sites is 1. The maximum Gasteiger partial charge on any atom is 0.255 e. The number of benzene rings is 3. The molecule has 7 nitrogen and oxygen atoms in total. The highest BCUT2D eigenvalue weighted by Gasteiger charge is 2.33. The highest BCUT2D eigenvalue weighted by molar-refractivity contribution is 6.35. The van der Waals surface area contributed by atoms with E-state index in [0.717, 1.165) is 22.4 Å². The number of halogens is 2. The second-order valence-corrected chi connectivity index (χ2v) is 9.30. The number of nitrogens with zero attached hydrogens (tertiary/aromatic N) is 3. The van der Waals surface area contributed by atoms with Crippen molar-refractivity contribution in [2.45, 2.75) is 26.5 Å². The molecule has 3 aromatic carbocycles. The largest absolute Gasteiger partial charge is 0.489 e. The highest BCUT2D eigenvalue weighted by Crippen LogP contribution is 2.36. The zero-order valence-corrected chi connectivity index (χ0v) is 21.1. The van der Waals surface area contributed by atoms with E-state index in [0.29, 0.717) is 39.6 Å². The number of anilines is 2. The number of carbonyl (C=O) groups is 1. The molecule has 1 aromatic heterocycles. The molecule has 1 aliphatic rings. The van der Waals surface area contributed by atoms with Crippen molar-refractivity contribution in [3.63, 3.8) is 0 Å². The first-order chi connectivity index (χ1) is 17.4. The van der Waals surface area contributed by atoms with Gasteiger partial charge in [0.15, 0.2) is 0 Å². The van der Waals surface area contributed by atoms with Crippen molar-refractivity contribution < 1.29 is 9.53 Å². The van der Waals surface area contributed by atoms with Crippen molar-refractivity contribution in [2.75, 3.05) is 10.6 Å². The van der Waals surface area contributed by atoms with E-state index >= 15 is 0 Å². The van der Waals surface area contributed by atoms with Gasteiger partial charge in [0, 0.05) is 27.0 Å². The van der Waals surface area contributed by atoms with Crippen LogP contribution in [0.4, 0.5) is 11.6 Å². The summed E-state index contributed by atoms with van der Waals surface area (Å²) < 4.78 is 7.64. The van der Waals surface area contributed by atoms with Crippen LogP contribution < -0.4 is 15.4 Å². The second-order valence-electron chi connectivity index (χ2n) is 8.46. The number of hydrogen-bond donors (Lipinski definition) is 2. The van der Waals surface area contributed by atoms with Gasteiger partial charge >= 0.3 is 0 Å². The first kappa shape index (κ1) is 23.9. The summed E-state index contributed by atoms with van der Waals surface area (Å²) in [5.74, 6) is 1.03. The normalized spacial score (nSPS) is 14.7. The molecule has 0 aliphatic carbocycles. The summed E-state index contributed by atoms with van der Waals surface area (Å²) in [6, 6.07) is 20.1. The van der Waals surface area contributed by atoms with Crippen LogP contribution in [0.3, 0.4) is 0 Å². The maximum atomic E-state index is 13.5. The maximum absolute atomic E-state index is 13.5. The van der Waals surface area contributed by atoms with Gasteiger partial charge in [-0.1, -0.05) is 59.6 Å². The van der Waals surface area contributed by atoms with Crippen LogP contribution in [-0.4, -0.2) is 20.7 Å². The Hall–Kier alpha value is -3.81. The molecule has 1 unspecified atom stereocenters. The lowest BCUT2D eigenvalue weighted by Gasteiger charge is -2.29. The standard InChI is InChI=1S/C27H23Cl2N5O2/c1-16-5-3-4-6-23(16)33-26(35)24-17(2)32-27-30-15-31-34(27)25(24)18-8-11-21(12-9-18)36-14-19-7-10-20(28)13-22(19)29/h3-13,15,25H,14H2,1-2H3,(H,33,35)(H,30,31,32). The summed E-state index contributed by atoms with van der Waals surface area (Å²) in [6.45, 7) is 4.13. The predicted octanol–water partition coefficient (Wildman–Crippen LogP) is 6.40. The Labute approximate surface area is 218 Å². The minimum atomic E-state index is -0.465. The van der Waals surface area contributed by atoms with Gasteiger partial charge in [0.2, 0.25) is 5.95 Å². The number of aryl methyl sites for hydroxylation is 1. The number of hydrogen-bond acceptors (Lipinski definition) is 5. The fourth-order valence-electron chi connectivity index (χ4n) is 4.14. The Bertz CT molecular complexity index is 1460. The Morgan fingerprint density at radius 1 is 1.08 bits per heavy atom. The van der Waals surface area contributed by atoms with Gasteiger partial charge in [0.1, 0.15) is 24.7 Å². The fourth-order valence-corrected chi connectivity index (χ4v) is 4.61. The van der Waals surface area contributed by atoms with Gasteiger partial charge in [-0.15, -0.1) is 0 Å². The molecule has 1 amide bonds. The minimum absolute atomic E-state index is 0.210. The van der Waals surface area contributed by atoms with E-state index in [1.165, 1.54) is 6.33 Å². The van der Waals surface area contributed by atoms with Crippen LogP contribution in [0.15, 0.2) is 84.3 Å². The van der Waals surface area contributed by atoms with Gasteiger partial charge in [-0.2, -0.15) is 10.1 Å². The molecular weight excluding hydrogens is 497 g/mol. The zero-order valence-electron chi connectivity index (χ0n) is 19.6. The van der Waals surface area contributed by atoms with Crippen LogP contribution in [0, 0.1) is 6.92 Å². The Morgan fingerprint density at radius 3 is 2.61 bits per heavy atom. The van der Waals surface area contributed by atoms with Crippen molar-refractivity contribution in [1.82, 2.24) is 14.8 Å². The van der Waals surface area contributed by atoms with E-state index in [1.807, 2.05) is 68.4 Å². The Morgan fingerprint density at radius 2 is 1.86 bits per heavy atom. The molecule has 0 fully saturated rings. The van der Waals surface area contributed by atoms with Crippen LogP contribution in [-0.2, 0) is 11.4 Å². The second kappa shape index (κ2) is 10.0. The minimum Gasteiger partial charge on any atom is -0.489 e. The van der Waals surface area contributed by atoms with Crippen molar-refractivity contribution in [3.05, 3.63) is 111 Å². The van der Waals surface area contributed by atoms with Crippen LogP contribution in [0.5, 0.6) is 5.75 Å². The van der Waals surface area contributed by atoms with Crippen LogP contribution in [0.25, 0.3) is 0 Å². The first-order valence-corrected chi connectivity index (χ1v) is 12.1. The van der Waals surface area contributed by atoms with E-state index in [9.17, 15) is 4.79 Å². The molecule has 0 bridgehead atoms. The summed E-state index contributed by atoms with van der Waals surface area (Å²) in [7, 11) is 0. The molecule has 0 saturated heterocycles. The average Bonchev–Trinajstić information content (AvgIpc) is 3.32. The average molecular weight is 520 g/mol. The molecule has 182 valence electrons. The molecule has 4 aromatic rings. The molecular formula is C27H23Cl2N5O2. The molecule has 0 saturated carbocycles. The summed E-state index contributed by atoms with van der Waals surface area (Å²) >= 11 is 12.2. The van der Waals surface area contributed by atoms with Crippen LogP contribution in [0.1, 0.15) is 29.7 Å². The summed E-state index contributed by atoms with van der Waals surface area (Å²) in [5, 5.41) is 11.8. The van der Waals surface area contributed by atoms with Gasteiger partial charge in [0.25, 0.3) is 5.91 Å². The Kier molecular flexibility index (Phi) is 6.67. The van der Waals surface area contributed by atoms with Crippen molar-refractivity contribution in [1.29, 1.82) is 0 Å². The number of carbonyl (C=O) groups excluding carboxylic acids is 1.